The zero-order valence-electron chi connectivity index (χ0n) is 9.22. The molecular weight excluding hydrogens is 274 g/mol. The molecule has 0 aliphatic rings. The Kier molecular flexibility index (Phi) is 3.84. The second-order valence-electron chi connectivity index (χ2n) is 3.59. The number of aromatic carboxylic acids is 1. The number of halogens is 1. The molecule has 6 heteroatoms. The van der Waals surface area contributed by atoms with Gasteiger partial charge in [0.05, 0.1) is 16.3 Å². The predicted octanol–water partition coefficient (Wildman–Crippen LogP) is 3.51. The van der Waals surface area contributed by atoms with Crippen molar-refractivity contribution in [2.45, 2.75) is 10.6 Å². The molecule has 0 radical (unpaired) electrons. The Balaban J connectivity index is 2.04. The molecule has 0 atom stereocenters. The number of carboxylic acids is 1. The fourth-order valence-electron chi connectivity index (χ4n) is 1.35. The number of carbonyl (C=O) groups is 1. The molecule has 1 aromatic carbocycles. The molecule has 0 unspecified atom stereocenters. The van der Waals surface area contributed by atoms with E-state index in [-0.39, 0.29) is 5.56 Å². The molecule has 2 rings (SSSR count). The highest BCUT2D eigenvalue weighted by Crippen LogP contribution is 2.31. The van der Waals surface area contributed by atoms with Crippen molar-refractivity contribution in [1.82, 2.24) is 0 Å². The summed E-state index contributed by atoms with van der Waals surface area (Å²) in [5, 5.41) is 9.33. The first kappa shape index (κ1) is 12.9. The van der Waals surface area contributed by atoms with E-state index in [0.717, 1.165) is 4.90 Å². The number of anilines is 1. The second kappa shape index (κ2) is 5.37. The topological polar surface area (TPSA) is 76.5 Å². The summed E-state index contributed by atoms with van der Waals surface area (Å²) in [6.45, 7) is 0. The molecule has 0 bridgehead atoms. The van der Waals surface area contributed by atoms with Gasteiger partial charge in [-0.15, -0.1) is 11.8 Å². The van der Waals surface area contributed by atoms with Gasteiger partial charge in [-0.2, -0.15) is 0 Å². The van der Waals surface area contributed by atoms with Gasteiger partial charge >= 0.3 is 5.97 Å². The van der Waals surface area contributed by atoms with E-state index in [2.05, 4.69) is 0 Å². The summed E-state index contributed by atoms with van der Waals surface area (Å²) in [6, 6.07) is 6.76. The summed E-state index contributed by atoms with van der Waals surface area (Å²) in [5.41, 5.74) is 6.35. The van der Waals surface area contributed by atoms with E-state index >= 15 is 0 Å². The number of thioether (sulfide) groups is 1. The number of nitrogen functional groups attached to an aromatic ring is 1. The van der Waals surface area contributed by atoms with Gasteiger partial charge in [0.15, 0.2) is 0 Å². The summed E-state index contributed by atoms with van der Waals surface area (Å²) in [6.07, 6.45) is 1.23. The quantitative estimate of drug-likeness (QED) is 0.663. The van der Waals surface area contributed by atoms with Crippen molar-refractivity contribution in [3.63, 3.8) is 0 Å². The third-order valence-electron chi connectivity index (χ3n) is 2.23. The van der Waals surface area contributed by atoms with E-state index in [1.807, 2.05) is 6.07 Å². The Labute approximate surface area is 113 Å². The van der Waals surface area contributed by atoms with Gasteiger partial charge in [-0.25, -0.2) is 4.79 Å². The Morgan fingerprint density at radius 3 is 2.83 bits per heavy atom. The van der Waals surface area contributed by atoms with Gasteiger partial charge in [-0.05, 0) is 24.3 Å². The Morgan fingerprint density at radius 2 is 2.22 bits per heavy atom. The van der Waals surface area contributed by atoms with E-state index in [1.54, 1.807) is 12.1 Å². The first-order valence-electron chi connectivity index (χ1n) is 5.05. The Hall–Kier alpha value is -1.59. The zero-order chi connectivity index (χ0) is 13.1. The third kappa shape index (κ3) is 3.00. The smallest absolute Gasteiger partial charge is 0.338 e. The molecule has 0 aliphatic carbocycles. The lowest BCUT2D eigenvalue weighted by atomic mass is 10.3. The number of rotatable bonds is 4. The first-order valence-corrected chi connectivity index (χ1v) is 6.41. The van der Waals surface area contributed by atoms with Gasteiger partial charge in [0.25, 0.3) is 0 Å². The molecule has 0 saturated carbocycles. The van der Waals surface area contributed by atoms with Crippen molar-refractivity contribution >= 4 is 35.0 Å². The molecule has 0 saturated heterocycles. The summed E-state index contributed by atoms with van der Waals surface area (Å²) in [7, 11) is 0. The molecule has 4 nitrogen and oxygen atoms in total. The minimum Gasteiger partial charge on any atom is -0.478 e. The largest absolute Gasteiger partial charge is 0.478 e. The van der Waals surface area contributed by atoms with Gasteiger partial charge in [0.1, 0.15) is 12.0 Å². The molecular formula is C12H10ClNO3S. The highest BCUT2D eigenvalue weighted by molar-refractivity contribution is 7.98. The lowest BCUT2D eigenvalue weighted by Gasteiger charge is -2.03. The normalized spacial score (nSPS) is 10.5. The molecule has 3 N–H and O–H groups in total. The highest BCUT2D eigenvalue weighted by Gasteiger charge is 2.09. The number of benzene rings is 1. The minimum atomic E-state index is -1.000. The minimum absolute atomic E-state index is 0.147. The van der Waals surface area contributed by atoms with Crippen LogP contribution in [-0.4, -0.2) is 11.1 Å². The average molecular weight is 284 g/mol. The van der Waals surface area contributed by atoms with Gasteiger partial charge < -0.3 is 15.3 Å². The lowest BCUT2D eigenvalue weighted by Crippen LogP contribution is -1.91. The van der Waals surface area contributed by atoms with Crippen LogP contribution < -0.4 is 5.73 Å². The lowest BCUT2D eigenvalue weighted by molar-refractivity contribution is 0.0696. The van der Waals surface area contributed by atoms with Crippen LogP contribution in [0.15, 0.2) is 39.8 Å². The van der Waals surface area contributed by atoms with E-state index in [1.165, 1.54) is 24.1 Å². The van der Waals surface area contributed by atoms with Gasteiger partial charge in [0.2, 0.25) is 0 Å². The molecule has 0 spiro atoms. The molecule has 0 fully saturated rings. The molecule has 0 aliphatic heterocycles. The maximum absolute atomic E-state index is 10.7. The van der Waals surface area contributed by atoms with E-state index in [4.69, 9.17) is 26.9 Å². The number of nitrogens with two attached hydrogens (primary N) is 1. The number of hydrogen-bond acceptors (Lipinski definition) is 4. The van der Waals surface area contributed by atoms with Crippen molar-refractivity contribution in [2.75, 3.05) is 5.73 Å². The predicted molar refractivity (Wildman–Crippen MR) is 71.1 cm³/mol. The third-order valence-corrected chi connectivity index (χ3v) is 3.75. The van der Waals surface area contributed by atoms with Crippen LogP contribution in [0.1, 0.15) is 16.1 Å². The fourth-order valence-corrected chi connectivity index (χ4v) is 2.51. The van der Waals surface area contributed by atoms with E-state index < -0.39 is 5.97 Å². The first-order chi connectivity index (χ1) is 8.56. The van der Waals surface area contributed by atoms with Crippen LogP contribution >= 0.6 is 23.4 Å². The Morgan fingerprint density at radius 1 is 1.44 bits per heavy atom. The zero-order valence-corrected chi connectivity index (χ0v) is 10.8. The molecule has 1 heterocycles. The van der Waals surface area contributed by atoms with Crippen molar-refractivity contribution in [3.05, 3.63) is 46.9 Å². The number of furan rings is 1. The summed E-state index contributed by atoms with van der Waals surface area (Å²) >= 11 is 7.49. The van der Waals surface area contributed by atoms with Crippen LogP contribution in [0.2, 0.25) is 5.02 Å². The van der Waals surface area contributed by atoms with Crippen LogP contribution in [0.25, 0.3) is 0 Å². The average Bonchev–Trinajstić information content (AvgIpc) is 2.76. The van der Waals surface area contributed by atoms with Crippen molar-refractivity contribution in [1.29, 1.82) is 0 Å². The SMILES string of the molecule is Nc1ccc(SCc2cc(C(=O)O)co2)c(Cl)c1. The second-order valence-corrected chi connectivity index (χ2v) is 5.01. The van der Waals surface area contributed by atoms with E-state index in [9.17, 15) is 4.79 Å². The van der Waals surface area contributed by atoms with Crippen molar-refractivity contribution < 1.29 is 14.3 Å². The standard InChI is InChI=1S/C12H10ClNO3S/c13-10-4-8(14)1-2-11(10)18-6-9-3-7(5-17-9)12(15)16/h1-5H,6,14H2,(H,15,16). The summed E-state index contributed by atoms with van der Waals surface area (Å²) in [5.74, 6) is 0.0995. The molecule has 94 valence electrons. The maximum atomic E-state index is 10.7. The van der Waals surface area contributed by atoms with Gasteiger partial charge in [-0.1, -0.05) is 11.6 Å². The molecule has 18 heavy (non-hydrogen) atoms. The fraction of sp³-hybridized carbons (Fsp3) is 0.0833. The molecule has 2 aromatic rings. The number of carboxylic acid groups (broad SMARTS) is 1. The van der Waals surface area contributed by atoms with Crippen molar-refractivity contribution in [3.8, 4) is 0 Å². The monoisotopic (exact) mass is 283 g/mol. The van der Waals surface area contributed by atoms with Crippen LogP contribution in [0.5, 0.6) is 0 Å². The van der Waals surface area contributed by atoms with Crippen LogP contribution in [-0.2, 0) is 5.75 Å². The molecule has 0 amide bonds. The molecule has 1 aromatic heterocycles. The highest BCUT2D eigenvalue weighted by atomic mass is 35.5. The van der Waals surface area contributed by atoms with Crippen LogP contribution in [0.4, 0.5) is 5.69 Å². The summed E-state index contributed by atoms with van der Waals surface area (Å²) in [4.78, 5) is 11.6. The number of hydrogen-bond donors (Lipinski definition) is 2. The van der Waals surface area contributed by atoms with Gasteiger partial charge in [-0.3, -0.25) is 0 Å². The maximum Gasteiger partial charge on any atom is 0.338 e. The van der Waals surface area contributed by atoms with Crippen LogP contribution in [0, 0.1) is 0 Å². The summed E-state index contributed by atoms with van der Waals surface area (Å²) < 4.78 is 5.14. The van der Waals surface area contributed by atoms with Crippen molar-refractivity contribution in [2.24, 2.45) is 0 Å². The Bertz CT molecular complexity index is 582. The van der Waals surface area contributed by atoms with Crippen LogP contribution in [0.3, 0.4) is 0 Å². The van der Waals surface area contributed by atoms with Gasteiger partial charge in [0, 0.05) is 10.6 Å². The van der Waals surface area contributed by atoms with E-state index in [0.29, 0.717) is 22.2 Å².